The van der Waals surface area contributed by atoms with E-state index >= 15 is 0 Å². The van der Waals surface area contributed by atoms with E-state index in [1.165, 1.54) is 0 Å². The van der Waals surface area contributed by atoms with Gasteiger partial charge in [-0.15, -0.1) is 0 Å². The molecule has 0 heterocycles. The summed E-state index contributed by atoms with van der Waals surface area (Å²) in [5.41, 5.74) is 6.78. The number of nitrogens with one attached hydrogen (secondary N) is 1. The number of benzene rings is 1. The van der Waals surface area contributed by atoms with Crippen molar-refractivity contribution in [1.29, 1.82) is 0 Å². The van der Waals surface area contributed by atoms with Crippen molar-refractivity contribution in [2.45, 2.75) is 33.1 Å². The van der Waals surface area contributed by atoms with Crippen molar-refractivity contribution in [2.75, 3.05) is 0 Å². The number of allylic oxidation sites excluding steroid dienone is 3. The number of carbonyl (C=O) groups excluding carboxylic acids is 1. The molecule has 0 fully saturated rings. The van der Waals surface area contributed by atoms with Crippen molar-refractivity contribution in [3.63, 3.8) is 0 Å². The van der Waals surface area contributed by atoms with E-state index < -0.39 is 0 Å². The second-order valence-corrected chi connectivity index (χ2v) is 6.20. The molecular formula is C18H21ClN2O. The van der Waals surface area contributed by atoms with Gasteiger partial charge in [0.15, 0.2) is 0 Å². The van der Waals surface area contributed by atoms with Gasteiger partial charge in [0.1, 0.15) is 0 Å². The summed E-state index contributed by atoms with van der Waals surface area (Å²) in [5, 5.41) is 4.96. The Hall–Kier alpha value is -1.87. The van der Waals surface area contributed by atoms with Gasteiger partial charge in [-0.05, 0) is 55.9 Å². The minimum atomic E-state index is -0.125. The summed E-state index contributed by atoms with van der Waals surface area (Å²) in [6.07, 6.45) is 4.28. The van der Waals surface area contributed by atoms with Crippen LogP contribution in [0.4, 0.5) is 0 Å². The molecule has 1 aromatic rings. The number of hydrogen-bond acceptors (Lipinski definition) is 2. The molecular weight excluding hydrogens is 296 g/mol. The van der Waals surface area contributed by atoms with E-state index in [9.17, 15) is 4.79 Å². The van der Waals surface area contributed by atoms with Crippen LogP contribution in [0.2, 0.25) is 5.02 Å². The van der Waals surface area contributed by atoms with Crippen LogP contribution in [0, 0.1) is 5.92 Å². The molecule has 1 aliphatic rings. The zero-order chi connectivity index (χ0) is 16.1. The predicted molar refractivity (Wildman–Crippen MR) is 92.0 cm³/mol. The number of hydrazone groups is 1. The average molecular weight is 317 g/mol. The Balaban J connectivity index is 1.96. The molecule has 2 rings (SSSR count). The lowest BCUT2D eigenvalue weighted by Crippen LogP contribution is -2.24. The van der Waals surface area contributed by atoms with Crippen LogP contribution in [0.1, 0.15) is 32.3 Å². The van der Waals surface area contributed by atoms with Gasteiger partial charge in [0.25, 0.3) is 0 Å². The van der Waals surface area contributed by atoms with E-state index in [4.69, 9.17) is 11.6 Å². The van der Waals surface area contributed by atoms with Crippen LogP contribution >= 0.6 is 11.6 Å². The lowest BCUT2D eigenvalue weighted by atomic mass is 9.85. The predicted octanol–water partition coefficient (Wildman–Crippen LogP) is 4.29. The Morgan fingerprint density at radius 2 is 2.09 bits per heavy atom. The van der Waals surface area contributed by atoms with Gasteiger partial charge in [-0.2, -0.15) is 5.10 Å². The van der Waals surface area contributed by atoms with Gasteiger partial charge >= 0.3 is 0 Å². The van der Waals surface area contributed by atoms with Crippen molar-refractivity contribution in [3.05, 3.63) is 58.7 Å². The molecule has 4 heteroatoms. The maximum Gasteiger partial charge on any atom is 0.244 e. The maximum absolute atomic E-state index is 12.0. The normalized spacial score (nSPS) is 19.7. The highest BCUT2D eigenvalue weighted by atomic mass is 35.5. The van der Waals surface area contributed by atoms with E-state index in [0.717, 1.165) is 35.3 Å². The molecule has 0 spiro atoms. The fraction of sp³-hybridized carbons (Fsp3) is 0.333. The molecule has 1 atom stereocenters. The molecule has 22 heavy (non-hydrogen) atoms. The minimum absolute atomic E-state index is 0.125. The Kier molecular flexibility index (Phi) is 5.56. The van der Waals surface area contributed by atoms with Crippen LogP contribution in [-0.4, -0.2) is 11.6 Å². The lowest BCUT2D eigenvalue weighted by Gasteiger charge is -2.22. The molecule has 1 N–H and O–H groups in total. The highest BCUT2D eigenvalue weighted by molar-refractivity contribution is 6.30. The first kappa shape index (κ1) is 16.5. The van der Waals surface area contributed by atoms with Gasteiger partial charge in [0.2, 0.25) is 5.91 Å². The fourth-order valence-corrected chi connectivity index (χ4v) is 2.51. The van der Waals surface area contributed by atoms with E-state index in [1.807, 2.05) is 26.0 Å². The minimum Gasteiger partial charge on any atom is -0.273 e. The van der Waals surface area contributed by atoms with Crippen molar-refractivity contribution >= 4 is 23.2 Å². The smallest absolute Gasteiger partial charge is 0.244 e. The molecule has 0 radical (unpaired) electrons. The van der Waals surface area contributed by atoms with Crippen molar-refractivity contribution in [1.82, 2.24) is 5.43 Å². The third kappa shape index (κ3) is 4.57. The second kappa shape index (κ2) is 7.41. The highest BCUT2D eigenvalue weighted by Crippen LogP contribution is 2.26. The molecule has 1 amide bonds. The van der Waals surface area contributed by atoms with Crippen molar-refractivity contribution in [3.8, 4) is 0 Å². The lowest BCUT2D eigenvalue weighted by molar-refractivity contribution is -0.120. The molecule has 3 nitrogen and oxygen atoms in total. The Bertz CT molecular complexity index is 629. The third-order valence-electron chi connectivity index (χ3n) is 3.89. The first-order chi connectivity index (χ1) is 10.5. The molecule has 1 aromatic carbocycles. The Labute approximate surface area is 136 Å². The van der Waals surface area contributed by atoms with E-state index in [0.29, 0.717) is 17.4 Å². The standard InChI is InChI=1S/C18H21ClN2O/c1-12(2)15-7-4-13(3)17(11-15)20-21-18(22)10-14-5-8-16(19)9-6-14/h4-6,8-9,15H,1,7,10-11H2,2-3H3,(H,21,22)/b20-17+. The first-order valence-corrected chi connectivity index (χ1v) is 7.76. The topological polar surface area (TPSA) is 41.5 Å². The zero-order valence-electron chi connectivity index (χ0n) is 13.0. The summed E-state index contributed by atoms with van der Waals surface area (Å²) >= 11 is 5.83. The molecule has 0 saturated carbocycles. The number of halogens is 1. The number of hydrogen-bond donors (Lipinski definition) is 1. The fourth-order valence-electron chi connectivity index (χ4n) is 2.38. The first-order valence-electron chi connectivity index (χ1n) is 7.38. The van der Waals surface area contributed by atoms with E-state index in [-0.39, 0.29) is 5.91 Å². The third-order valence-corrected chi connectivity index (χ3v) is 4.15. The average Bonchev–Trinajstić information content (AvgIpc) is 2.48. The zero-order valence-corrected chi connectivity index (χ0v) is 13.8. The molecule has 0 bridgehead atoms. The van der Waals surface area contributed by atoms with Gasteiger partial charge in [0.05, 0.1) is 12.1 Å². The maximum atomic E-state index is 12.0. The Morgan fingerprint density at radius 3 is 2.73 bits per heavy atom. The van der Waals surface area contributed by atoms with Crippen LogP contribution in [0.5, 0.6) is 0 Å². The van der Waals surface area contributed by atoms with Crippen LogP contribution in [0.3, 0.4) is 0 Å². The van der Waals surface area contributed by atoms with Gasteiger partial charge in [-0.25, -0.2) is 5.43 Å². The van der Waals surface area contributed by atoms with E-state index in [1.54, 1.807) is 12.1 Å². The summed E-state index contributed by atoms with van der Waals surface area (Å²) in [6.45, 7) is 8.08. The van der Waals surface area contributed by atoms with E-state index in [2.05, 4.69) is 23.2 Å². The monoisotopic (exact) mass is 316 g/mol. The number of amides is 1. The quantitative estimate of drug-likeness (QED) is 0.653. The molecule has 0 aliphatic heterocycles. The second-order valence-electron chi connectivity index (χ2n) is 5.77. The van der Waals surface area contributed by atoms with Crippen molar-refractivity contribution < 1.29 is 4.79 Å². The van der Waals surface area contributed by atoms with Crippen LogP contribution < -0.4 is 5.43 Å². The summed E-state index contributed by atoms with van der Waals surface area (Å²) in [6, 6.07) is 7.25. The van der Waals surface area contributed by atoms with Crippen LogP contribution in [0.15, 0.2) is 53.2 Å². The van der Waals surface area contributed by atoms with Gasteiger partial charge in [0, 0.05) is 5.02 Å². The van der Waals surface area contributed by atoms with Crippen molar-refractivity contribution in [2.24, 2.45) is 11.0 Å². The molecule has 1 aliphatic carbocycles. The molecule has 1 unspecified atom stereocenters. The largest absolute Gasteiger partial charge is 0.273 e. The Morgan fingerprint density at radius 1 is 1.41 bits per heavy atom. The SMILES string of the molecule is C=C(C)C1CC=C(C)/C(=N/NC(=O)Cc2ccc(Cl)cc2)C1. The van der Waals surface area contributed by atoms with Gasteiger partial charge in [-0.3, -0.25) is 4.79 Å². The summed E-state index contributed by atoms with van der Waals surface area (Å²) < 4.78 is 0. The summed E-state index contributed by atoms with van der Waals surface area (Å²) in [4.78, 5) is 12.0. The highest BCUT2D eigenvalue weighted by Gasteiger charge is 2.18. The van der Waals surface area contributed by atoms with Gasteiger partial charge in [-0.1, -0.05) is 42.0 Å². The molecule has 0 aromatic heterocycles. The van der Waals surface area contributed by atoms with Crippen LogP contribution in [0.25, 0.3) is 0 Å². The number of nitrogens with zero attached hydrogens (tertiary/aromatic N) is 1. The van der Waals surface area contributed by atoms with Crippen LogP contribution in [-0.2, 0) is 11.2 Å². The summed E-state index contributed by atoms with van der Waals surface area (Å²) in [5.74, 6) is 0.288. The molecule has 0 saturated heterocycles. The number of rotatable bonds is 4. The van der Waals surface area contributed by atoms with Gasteiger partial charge < -0.3 is 0 Å². The number of carbonyl (C=O) groups is 1. The summed E-state index contributed by atoms with van der Waals surface area (Å²) in [7, 11) is 0. The molecule has 116 valence electrons.